The number of carbonyl (C=O) groups is 2. The zero-order valence-electron chi connectivity index (χ0n) is 14.2. The van der Waals surface area contributed by atoms with Gasteiger partial charge >= 0.3 is 0 Å². The Morgan fingerprint density at radius 1 is 1.38 bits per heavy atom. The minimum atomic E-state index is -0.496. The molecule has 1 unspecified atom stereocenters. The highest BCUT2D eigenvalue weighted by Crippen LogP contribution is 2.26. The van der Waals surface area contributed by atoms with Crippen molar-refractivity contribution in [2.75, 3.05) is 0 Å². The van der Waals surface area contributed by atoms with E-state index in [0.717, 1.165) is 17.1 Å². The first-order valence-electron chi connectivity index (χ1n) is 8.05. The highest BCUT2D eigenvalue weighted by Gasteiger charge is 2.43. The molecule has 1 aliphatic heterocycles. The van der Waals surface area contributed by atoms with Crippen molar-refractivity contribution < 1.29 is 9.59 Å². The average molecular weight is 326 g/mol. The van der Waals surface area contributed by atoms with Gasteiger partial charge in [-0.3, -0.25) is 9.59 Å². The lowest BCUT2D eigenvalue weighted by molar-refractivity contribution is -0.127. The van der Waals surface area contributed by atoms with Gasteiger partial charge in [0.25, 0.3) is 0 Å². The van der Waals surface area contributed by atoms with Crippen molar-refractivity contribution >= 4 is 11.8 Å². The van der Waals surface area contributed by atoms with Gasteiger partial charge in [-0.2, -0.15) is 0 Å². The molecule has 1 aliphatic rings. The normalized spacial score (nSPS) is 19.1. The minimum absolute atomic E-state index is 0.0693. The van der Waals surface area contributed by atoms with E-state index in [1.165, 1.54) is 0 Å². The fraction of sp³-hybridized carbons (Fsp3) is 0.389. The molecule has 6 nitrogen and oxygen atoms in total. The average Bonchev–Trinajstić information content (AvgIpc) is 3.07. The van der Waals surface area contributed by atoms with Crippen LogP contribution in [-0.2, 0) is 16.1 Å². The number of nitrogens with one attached hydrogen (secondary N) is 2. The molecule has 1 fully saturated rings. The molecule has 0 spiro atoms. The standard InChI is InChI=1S/C18H22N4O2/c1-12-19-8-9-22(12)14-6-4-13(5-7-14)11-20-17(24)15-10-16(23)21-18(15,2)3/h4-9,15H,10-11H2,1-3H3,(H,20,24)(H,21,23). The molecule has 126 valence electrons. The Bertz CT molecular complexity index is 762. The third-order valence-corrected chi connectivity index (χ3v) is 4.55. The number of hydrogen-bond acceptors (Lipinski definition) is 3. The number of amides is 2. The molecular formula is C18H22N4O2. The molecule has 0 bridgehead atoms. The lowest BCUT2D eigenvalue weighted by Gasteiger charge is -2.25. The van der Waals surface area contributed by atoms with Gasteiger partial charge in [0, 0.05) is 36.6 Å². The maximum absolute atomic E-state index is 12.4. The Balaban J connectivity index is 1.62. The van der Waals surface area contributed by atoms with Crippen molar-refractivity contribution in [1.29, 1.82) is 0 Å². The Labute approximate surface area is 141 Å². The quantitative estimate of drug-likeness (QED) is 0.898. The molecule has 1 atom stereocenters. The van der Waals surface area contributed by atoms with Crippen LogP contribution in [0.5, 0.6) is 0 Å². The fourth-order valence-electron chi connectivity index (χ4n) is 3.10. The third kappa shape index (κ3) is 3.18. The maximum Gasteiger partial charge on any atom is 0.226 e. The van der Waals surface area contributed by atoms with Crippen LogP contribution in [0.15, 0.2) is 36.7 Å². The molecule has 6 heteroatoms. The first-order valence-corrected chi connectivity index (χ1v) is 8.05. The van der Waals surface area contributed by atoms with E-state index >= 15 is 0 Å². The third-order valence-electron chi connectivity index (χ3n) is 4.55. The topological polar surface area (TPSA) is 76.0 Å². The molecule has 0 radical (unpaired) electrons. The molecule has 1 saturated heterocycles. The second-order valence-corrected chi connectivity index (χ2v) is 6.76. The number of imidazole rings is 1. The summed E-state index contributed by atoms with van der Waals surface area (Å²) < 4.78 is 2.00. The van der Waals surface area contributed by atoms with Crippen molar-refractivity contribution in [1.82, 2.24) is 20.2 Å². The summed E-state index contributed by atoms with van der Waals surface area (Å²) in [4.78, 5) is 28.1. The summed E-state index contributed by atoms with van der Waals surface area (Å²) in [5, 5.41) is 5.77. The monoisotopic (exact) mass is 326 g/mol. The highest BCUT2D eigenvalue weighted by atomic mass is 16.2. The molecule has 2 N–H and O–H groups in total. The molecular weight excluding hydrogens is 304 g/mol. The molecule has 24 heavy (non-hydrogen) atoms. The van der Waals surface area contributed by atoms with Gasteiger partial charge in [-0.25, -0.2) is 4.98 Å². The molecule has 1 aromatic carbocycles. The Morgan fingerprint density at radius 3 is 2.62 bits per heavy atom. The Morgan fingerprint density at radius 2 is 2.08 bits per heavy atom. The summed E-state index contributed by atoms with van der Waals surface area (Å²) in [6, 6.07) is 7.97. The lowest BCUT2D eigenvalue weighted by atomic mass is 9.88. The van der Waals surface area contributed by atoms with Crippen molar-refractivity contribution in [2.24, 2.45) is 5.92 Å². The molecule has 0 aliphatic carbocycles. The number of rotatable bonds is 4. The van der Waals surface area contributed by atoms with E-state index in [0.29, 0.717) is 6.54 Å². The summed E-state index contributed by atoms with van der Waals surface area (Å²) in [5.41, 5.74) is 1.55. The van der Waals surface area contributed by atoms with Gasteiger partial charge < -0.3 is 15.2 Å². The van der Waals surface area contributed by atoms with Crippen LogP contribution < -0.4 is 10.6 Å². The maximum atomic E-state index is 12.4. The van der Waals surface area contributed by atoms with Crippen LogP contribution in [0.2, 0.25) is 0 Å². The van der Waals surface area contributed by atoms with Crippen molar-refractivity contribution in [2.45, 2.75) is 39.3 Å². The molecule has 0 saturated carbocycles. The van der Waals surface area contributed by atoms with Gasteiger partial charge in [-0.05, 0) is 38.5 Å². The van der Waals surface area contributed by atoms with Gasteiger partial charge in [0.15, 0.2) is 0 Å². The highest BCUT2D eigenvalue weighted by molar-refractivity contribution is 5.90. The molecule has 2 heterocycles. The Kier molecular flexibility index (Phi) is 4.13. The number of nitrogens with zero attached hydrogens (tertiary/aromatic N) is 2. The van der Waals surface area contributed by atoms with E-state index in [2.05, 4.69) is 15.6 Å². The first-order chi connectivity index (χ1) is 11.4. The first kappa shape index (κ1) is 16.2. The van der Waals surface area contributed by atoms with E-state index < -0.39 is 5.54 Å². The summed E-state index contributed by atoms with van der Waals surface area (Å²) in [6.45, 7) is 6.16. The fourth-order valence-corrected chi connectivity index (χ4v) is 3.10. The number of aryl methyl sites for hydroxylation is 1. The zero-order valence-corrected chi connectivity index (χ0v) is 14.2. The van der Waals surface area contributed by atoms with Crippen molar-refractivity contribution in [3.05, 3.63) is 48.0 Å². The molecule has 1 aromatic heterocycles. The van der Waals surface area contributed by atoms with Gasteiger partial charge in [-0.1, -0.05) is 12.1 Å². The largest absolute Gasteiger partial charge is 0.352 e. The van der Waals surface area contributed by atoms with Crippen LogP contribution in [0.3, 0.4) is 0 Å². The van der Waals surface area contributed by atoms with E-state index in [1.54, 1.807) is 6.20 Å². The Hall–Kier alpha value is -2.63. The summed E-state index contributed by atoms with van der Waals surface area (Å²) in [7, 11) is 0. The second kappa shape index (κ2) is 6.11. The van der Waals surface area contributed by atoms with Crippen molar-refractivity contribution in [3.8, 4) is 5.69 Å². The van der Waals surface area contributed by atoms with Crippen LogP contribution in [0, 0.1) is 12.8 Å². The van der Waals surface area contributed by atoms with Gasteiger partial charge in [0.05, 0.1) is 5.92 Å². The zero-order chi connectivity index (χ0) is 17.3. The van der Waals surface area contributed by atoms with Crippen LogP contribution >= 0.6 is 0 Å². The van der Waals surface area contributed by atoms with E-state index in [9.17, 15) is 9.59 Å². The number of carbonyl (C=O) groups excluding carboxylic acids is 2. The van der Waals surface area contributed by atoms with E-state index in [4.69, 9.17) is 0 Å². The second-order valence-electron chi connectivity index (χ2n) is 6.76. The SMILES string of the molecule is Cc1nccn1-c1ccc(CNC(=O)C2CC(=O)NC2(C)C)cc1. The number of benzene rings is 1. The van der Waals surface area contributed by atoms with E-state index in [1.807, 2.05) is 55.8 Å². The van der Waals surface area contributed by atoms with Crippen molar-refractivity contribution in [3.63, 3.8) is 0 Å². The van der Waals surface area contributed by atoms with Crippen LogP contribution in [0.1, 0.15) is 31.7 Å². The van der Waals surface area contributed by atoms with Gasteiger partial charge in [0.2, 0.25) is 11.8 Å². The number of aromatic nitrogens is 2. The molecule has 2 amide bonds. The predicted octanol–water partition coefficient (Wildman–Crippen LogP) is 1.71. The van der Waals surface area contributed by atoms with Gasteiger partial charge in [0.1, 0.15) is 5.82 Å². The van der Waals surface area contributed by atoms with Gasteiger partial charge in [-0.15, -0.1) is 0 Å². The predicted molar refractivity (Wildman–Crippen MR) is 90.5 cm³/mol. The lowest BCUT2D eigenvalue weighted by Crippen LogP contribution is -2.45. The molecule has 3 rings (SSSR count). The smallest absolute Gasteiger partial charge is 0.226 e. The van der Waals surface area contributed by atoms with Crippen LogP contribution in [-0.4, -0.2) is 26.9 Å². The van der Waals surface area contributed by atoms with Crippen LogP contribution in [0.25, 0.3) is 5.69 Å². The minimum Gasteiger partial charge on any atom is -0.352 e. The van der Waals surface area contributed by atoms with Crippen LogP contribution in [0.4, 0.5) is 0 Å². The summed E-state index contributed by atoms with van der Waals surface area (Å²) >= 11 is 0. The van der Waals surface area contributed by atoms with E-state index in [-0.39, 0.29) is 24.2 Å². The summed E-state index contributed by atoms with van der Waals surface area (Å²) in [6.07, 6.45) is 3.93. The summed E-state index contributed by atoms with van der Waals surface area (Å²) in [5.74, 6) is 0.433. The number of hydrogen-bond donors (Lipinski definition) is 2. The molecule has 2 aromatic rings.